The number of nitrogens with zero attached hydrogens (tertiary/aromatic N) is 4. The molecule has 5 nitrogen and oxygen atoms in total. The van der Waals surface area contributed by atoms with Crippen molar-refractivity contribution in [3.05, 3.63) is 18.0 Å². The molecule has 0 spiro atoms. The monoisotopic (exact) mass is 262 g/mol. The van der Waals surface area contributed by atoms with E-state index in [1.54, 1.807) is 0 Å². The fraction of sp³-hybridized carbons (Fsp3) is 0.714. The molecular formula is C14H22N4O. The summed E-state index contributed by atoms with van der Waals surface area (Å²) < 4.78 is 0. The number of piperidine rings is 1. The van der Waals surface area contributed by atoms with Crippen molar-refractivity contribution in [1.29, 1.82) is 0 Å². The van der Waals surface area contributed by atoms with Crippen LogP contribution < -0.4 is 4.90 Å². The number of aliphatic hydroxyl groups is 1. The maximum absolute atomic E-state index is 9.61. The molecule has 1 N–H and O–H groups in total. The van der Waals surface area contributed by atoms with Crippen molar-refractivity contribution in [2.75, 3.05) is 31.1 Å². The SMILES string of the molecule is Cc1cnc(N2CCC(N3CCC(O)C3)CC2)nc1. The summed E-state index contributed by atoms with van der Waals surface area (Å²) in [7, 11) is 0. The Bertz CT molecular complexity index is 414. The lowest BCUT2D eigenvalue weighted by Gasteiger charge is -2.36. The molecule has 104 valence electrons. The van der Waals surface area contributed by atoms with Crippen LogP contribution in [-0.4, -0.2) is 58.3 Å². The maximum Gasteiger partial charge on any atom is 0.225 e. The topological polar surface area (TPSA) is 52.5 Å². The van der Waals surface area contributed by atoms with Crippen LogP contribution in [0.25, 0.3) is 0 Å². The molecule has 2 fully saturated rings. The Morgan fingerprint density at radius 3 is 2.37 bits per heavy atom. The van der Waals surface area contributed by atoms with Gasteiger partial charge in [0, 0.05) is 44.6 Å². The van der Waals surface area contributed by atoms with Crippen LogP contribution in [0.3, 0.4) is 0 Å². The van der Waals surface area contributed by atoms with Crippen molar-refractivity contribution in [1.82, 2.24) is 14.9 Å². The number of hydrogen-bond acceptors (Lipinski definition) is 5. The van der Waals surface area contributed by atoms with Crippen LogP contribution in [-0.2, 0) is 0 Å². The molecule has 3 rings (SSSR count). The molecular weight excluding hydrogens is 240 g/mol. The van der Waals surface area contributed by atoms with Crippen molar-refractivity contribution in [3.63, 3.8) is 0 Å². The Balaban J connectivity index is 1.56. The Labute approximate surface area is 114 Å². The van der Waals surface area contributed by atoms with Gasteiger partial charge in [-0.05, 0) is 31.7 Å². The minimum Gasteiger partial charge on any atom is -0.392 e. The van der Waals surface area contributed by atoms with Crippen molar-refractivity contribution in [3.8, 4) is 0 Å². The second kappa shape index (κ2) is 5.43. The minimum atomic E-state index is -0.113. The van der Waals surface area contributed by atoms with Gasteiger partial charge in [-0.15, -0.1) is 0 Å². The average molecular weight is 262 g/mol. The van der Waals surface area contributed by atoms with Gasteiger partial charge >= 0.3 is 0 Å². The van der Waals surface area contributed by atoms with Gasteiger partial charge in [0.25, 0.3) is 0 Å². The van der Waals surface area contributed by atoms with E-state index in [1.807, 2.05) is 19.3 Å². The van der Waals surface area contributed by atoms with E-state index >= 15 is 0 Å². The molecule has 5 heteroatoms. The van der Waals surface area contributed by atoms with Crippen LogP contribution in [0.4, 0.5) is 5.95 Å². The summed E-state index contributed by atoms with van der Waals surface area (Å²) in [6.45, 7) is 5.94. The molecule has 1 atom stereocenters. The first-order valence-corrected chi connectivity index (χ1v) is 7.18. The average Bonchev–Trinajstić information content (AvgIpc) is 2.87. The smallest absolute Gasteiger partial charge is 0.225 e. The fourth-order valence-electron chi connectivity index (χ4n) is 3.08. The lowest BCUT2D eigenvalue weighted by atomic mass is 10.0. The van der Waals surface area contributed by atoms with Crippen LogP contribution in [0.1, 0.15) is 24.8 Å². The highest BCUT2D eigenvalue weighted by atomic mass is 16.3. The van der Waals surface area contributed by atoms with Gasteiger partial charge < -0.3 is 10.0 Å². The van der Waals surface area contributed by atoms with Gasteiger partial charge in [0.2, 0.25) is 5.95 Å². The Hall–Kier alpha value is -1.20. The molecule has 2 aliphatic heterocycles. The molecule has 0 saturated carbocycles. The zero-order chi connectivity index (χ0) is 13.2. The molecule has 3 heterocycles. The molecule has 0 amide bonds. The van der Waals surface area contributed by atoms with Crippen LogP contribution in [0, 0.1) is 6.92 Å². The van der Waals surface area contributed by atoms with E-state index in [-0.39, 0.29) is 6.10 Å². The predicted octanol–water partition coefficient (Wildman–Crippen LogP) is 0.820. The van der Waals surface area contributed by atoms with Crippen LogP contribution >= 0.6 is 0 Å². The van der Waals surface area contributed by atoms with E-state index in [4.69, 9.17) is 0 Å². The summed E-state index contributed by atoms with van der Waals surface area (Å²) in [6, 6.07) is 0.624. The molecule has 0 aromatic carbocycles. The lowest BCUT2D eigenvalue weighted by molar-refractivity contribution is 0.148. The van der Waals surface area contributed by atoms with Gasteiger partial charge in [-0.2, -0.15) is 0 Å². The van der Waals surface area contributed by atoms with Gasteiger partial charge in [0.1, 0.15) is 0 Å². The first-order valence-electron chi connectivity index (χ1n) is 7.18. The van der Waals surface area contributed by atoms with Gasteiger partial charge in [-0.25, -0.2) is 9.97 Å². The number of hydrogen-bond donors (Lipinski definition) is 1. The van der Waals surface area contributed by atoms with Crippen LogP contribution in [0.2, 0.25) is 0 Å². The number of likely N-dealkylation sites (tertiary alicyclic amines) is 1. The number of β-amino-alcohol motifs (C(OH)–C–C–N with tert-alkyl or cyclic N) is 1. The highest BCUT2D eigenvalue weighted by Crippen LogP contribution is 2.23. The summed E-state index contributed by atoms with van der Waals surface area (Å²) in [5.74, 6) is 0.852. The third-order valence-corrected chi connectivity index (χ3v) is 4.23. The van der Waals surface area contributed by atoms with Gasteiger partial charge in [0.05, 0.1) is 6.10 Å². The second-order valence-electron chi connectivity index (χ2n) is 5.72. The molecule has 19 heavy (non-hydrogen) atoms. The number of rotatable bonds is 2. The van der Waals surface area contributed by atoms with Crippen LogP contribution in [0.5, 0.6) is 0 Å². The van der Waals surface area contributed by atoms with Gasteiger partial charge in [-0.3, -0.25) is 4.90 Å². The van der Waals surface area contributed by atoms with Gasteiger partial charge in [0.15, 0.2) is 0 Å². The van der Waals surface area contributed by atoms with E-state index in [0.717, 1.165) is 57.0 Å². The Morgan fingerprint density at radius 2 is 1.79 bits per heavy atom. The van der Waals surface area contributed by atoms with Crippen molar-refractivity contribution < 1.29 is 5.11 Å². The predicted molar refractivity (Wildman–Crippen MR) is 74.2 cm³/mol. The minimum absolute atomic E-state index is 0.113. The third kappa shape index (κ3) is 2.87. The van der Waals surface area contributed by atoms with Crippen molar-refractivity contribution in [2.45, 2.75) is 38.3 Å². The van der Waals surface area contributed by atoms with E-state index in [9.17, 15) is 5.11 Å². The largest absolute Gasteiger partial charge is 0.392 e. The number of aryl methyl sites for hydroxylation is 1. The van der Waals surface area contributed by atoms with E-state index < -0.39 is 0 Å². The quantitative estimate of drug-likeness (QED) is 0.855. The molecule has 0 radical (unpaired) electrons. The normalized spacial score (nSPS) is 26.0. The van der Waals surface area contributed by atoms with E-state index in [1.165, 1.54) is 0 Å². The molecule has 1 aromatic heterocycles. The summed E-state index contributed by atoms with van der Waals surface area (Å²) in [4.78, 5) is 13.5. The van der Waals surface area contributed by atoms with Crippen molar-refractivity contribution >= 4 is 5.95 Å². The molecule has 0 aliphatic carbocycles. The molecule has 1 aromatic rings. The number of anilines is 1. The summed E-state index contributed by atoms with van der Waals surface area (Å²) in [6.07, 6.45) is 6.87. The molecule has 2 aliphatic rings. The summed E-state index contributed by atoms with van der Waals surface area (Å²) in [5.41, 5.74) is 1.10. The first-order chi connectivity index (χ1) is 9.22. The standard InChI is InChI=1S/C14H22N4O/c1-11-8-15-14(16-9-11)17-5-2-12(3-6-17)18-7-4-13(19)10-18/h8-9,12-13,19H,2-7,10H2,1H3. The van der Waals surface area contributed by atoms with E-state index in [2.05, 4.69) is 19.8 Å². The first kappa shape index (κ1) is 12.8. The molecule has 2 saturated heterocycles. The molecule has 0 bridgehead atoms. The number of aromatic nitrogens is 2. The highest BCUT2D eigenvalue weighted by Gasteiger charge is 2.30. The molecule has 1 unspecified atom stereocenters. The summed E-state index contributed by atoms with van der Waals surface area (Å²) in [5, 5.41) is 9.61. The highest BCUT2D eigenvalue weighted by molar-refractivity contribution is 5.30. The zero-order valence-electron chi connectivity index (χ0n) is 11.5. The second-order valence-corrected chi connectivity index (χ2v) is 5.72. The fourth-order valence-corrected chi connectivity index (χ4v) is 3.08. The van der Waals surface area contributed by atoms with Crippen LogP contribution in [0.15, 0.2) is 12.4 Å². The van der Waals surface area contributed by atoms with Crippen molar-refractivity contribution in [2.24, 2.45) is 0 Å². The third-order valence-electron chi connectivity index (χ3n) is 4.23. The lowest BCUT2D eigenvalue weighted by Crippen LogP contribution is -2.44. The Morgan fingerprint density at radius 1 is 1.11 bits per heavy atom. The number of aliphatic hydroxyl groups excluding tert-OH is 1. The summed E-state index contributed by atoms with van der Waals surface area (Å²) >= 11 is 0. The maximum atomic E-state index is 9.61. The van der Waals surface area contributed by atoms with Gasteiger partial charge in [-0.1, -0.05) is 0 Å². The zero-order valence-corrected chi connectivity index (χ0v) is 11.5. The Kier molecular flexibility index (Phi) is 3.66. The van der Waals surface area contributed by atoms with E-state index in [0.29, 0.717) is 6.04 Å².